The number of nitrogens with zero attached hydrogens (tertiary/aromatic N) is 3. The fourth-order valence-corrected chi connectivity index (χ4v) is 2.49. The molecule has 2 heterocycles. The molecule has 0 radical (unpaired) electrons. The van der Waals surface area contributed by atoms with E-state index >= 15 is 0 Å². The smallest absolute Gasteiger partial charge is 0.255 e. The topological polar surface area (TPSA) is 66.2 Å². The van der Waals surface area contributed by atoms with E-state index in [1.54, 1.807) is 17.0 Å². The number of nitriles is 1. The number of halogens is 2. The summed E-state index contributed by atoms with van der Waals surface area (Å²) >= 11 is 5.89. The first-order chi connectivity index (χ1) is 11.1. The Kier molecular flexibility index (Phi) is 4.13. The van der Waals surface area contributed by atoms with Gasteiger partial charge in [0.25, 0.3) is 5.91 Å². The minimum absolute atomic E-state index is 0.0795. The Morgan fingerprint density at radius 2 is 2.22 bits per heavy atom. The normalized spacial score (nSPS) is 14.0. The second-order valence-electron chi connectivity index (χ2n) is 5.04. The highest BCUT2D eigenvalue weighted by atomic mass is 35.5. The average Bonchev–Trinajstić information content (AvgIpc) is 2.50. The highest BCUT2D eigenvalue weighted by Crippen LogP contribution is 2.24. The molecule has 1 aliphatic heterocycles. The van der Waals surface area contributed by atoms with Crippen molar-refractivity contribution in [2.24, 2.45) is 0 Å². The molecular formula is C16H11ClFN3O2. The van der Waals surface area contributed by atoms with Gasteiger partial charge in [0.1, 0.15) is 23.6 Å². The van der Waals surface area contributed by atoms with E-state index < -0.39 is 5.82 Å². The van der Waals surface area contributed by atoms with Crippen LogP contribution in [0.15, 0.2) is 36.5 Å². The Morgan fingerprint density at radius 3 is 2.91 bits per heavy atom. The third-order valence-electron chi connectivity index (χ3n) is 3.47. The Balaban J connectivity index is 1.63. The molecule has 2 aromatic rings. The van der Waals surface area contributed by atoms with E-state index in [-0.39, 0.29) is 28.5 Å². The summed E-state index contributed by atoms with van der Waals surface area (Å²) in [6.07, 6.45) is 1.30. The average molecular weight is 332 g/mol. The van der Waals surface area contributed by atoms with Crippen molar-refractivity contribution in [3.63, 3.8) is 0 Å². The van der Waals surface area contributed by atoms with Gasteiger partial charge in [-0.25, -0.2) is 9.37 Å². The Hall–Kier alpha value is -2.65. The molecule has 5 nitrogen and oxygen atoms in total. The number of ether oxygens (including phenoxy) is 1. The van der Waals surface area contributed by atoms with Gasteiger partial charge in [0.15, 0.2) is 0 Å². The Labute approximate surface area is 136 Å². The van der Waals surface area contributed by atoms with Crippen LogP contribution in [-0.2, 0) is 0 Å². The van der Waals surface area contributed by atoms with Gasteiger partial charge in [-0.1, -0.05) is 11.6 Å². The molecular weight excluding hydrogens is 321 g/mol. The van der Waals surface area contributed by atoms with Gasteiger partial charge in [-0.05, 0) is 30.3 Å². The summed E-state index contributed by atoms with van der Waals surface area (Å²) in [6, 6.07) is 8.93. The maximum Gasteiger partial charge on any atom is 0.255 e. The van der Waals surface area contributed by atoms with Crippen LogP contribution >= 0.6 is 11.6 Å². The number of amides is 1. The highest BCUT2D eigenvalue weighted by Gasteiger charge is 2.34. The number of hydrogen-bond donors (Lipinski definition) is 0. The van der Waals surface area contributed by atoms with Crippen molar-refractivity contribution >= 4 is 17.5 Å². The zero-order valence-electron chi connectivity index (χ0n) is 11.9. The maximum absolute atomic E-state index is 13.0. The van der Waals surface area contributed by atoms with Crippen molar-refractivity contribution in [2.45, 2.75) is 6.10 Å². The van der Waals surface area contributed by atoms with Gasteiger partial charge in [0.2, 0.25) is 5.88 Å². The van der Waals surface area contributed by atoms with E-state index in [0.29, 0.717) is 18.7 Å². The van der Waals surface area contributed by atoms with E-state index in [2.05, 4.69) is 4.98 Å². The van der Waals surface area contributed by atoms with Crippen LogP contribution < -0.4 is 4.74 Å². The first-order valence-corrected chi connectivity index (χ1v) is 7.22. The van der Waals surface area contributed by atoms with Crippen LogP contribution in [0, 0.1) is 17.1 Å². The number of aromatic nitrogens is 1. The van der Waals surface area contributed by atoms with Gasteiger partial charge in [-0.2, -0.15) is 5.26 Å². The SMILES string of the molecule is N#Cc1cccnc1OC1CN(C(=O)c2ccc(F)cc2Cl)C1. The van der Waals surface area contributed by atoms with Crippen LogP contribution in [0.2, 0.25) is 5.02 Å². The van der Waals surface area contributed by atoms with Crippen LogP contribution in [0.4, 0.5) is 4.39 Å². The Bertz CT molecular complexity index is 800. The predicted octanol–water partition coefficient (Wildman–Crippen LogP) is 2.65. The van der Waals surface area contributed by atoms with E-state index in [4.69, 9.17) is 21.6 Å². The third kappa shape index (κ3) is 3.10. The lowest BCUT2D eigenvalue weighted by Crippen LogP contribution is -2.56. The minimum atomic E-state index is -0.490. The summed E-state index contributed by atoms with van der Waals surface area (Å²) in [6.45, 7) is 0.710. The van der Waals surface area contributed by atoms with Crippen molar-refractivity contribution in [3.8, 4) is 11.9 Å². The molecule has 1 aromatic heterocycles. The van der Waals surface area contributed by atoms with Gasteiger partial charge >= 0.3 is 0 Å². The van der Waals surface area contributed by atoms with Gasteiger partial charge in [-0.15, -0.1) is 0 Å². The van der Waals surface area contributed by atoms with Gasteiger partial charge in [0.05, 0.1) is 23.7 Å². The van der Waals surface area contributed by atoms with Crippen molar-refractivity contribution < 1.29 is 13.9 Å². The largest absolute Gasteiger partial charge is 0.470 e. The molecule has 3 rings (SSSR count). The van der Waals surface area contributed by atoms with E-state index in [1.807, 2.05) is 6.07 Å². The molecule has 23 heavy (non-hydrogen) atoms. The first-order valence-electron chi connectivity index (χ1n) is 6.84. The van der Waals surface area contributed by atoms with Crippen molar-refractivity contribution in [1.29, 1.82) is 5.26 Å². The zero-order valence-corrected chi connectivity index (χ0v) is 12.6. The lowest BCUT2D eigenvalue weighted by Gasteiger charge is -2.38. The molecule has 0 spiro atoms. The second kappa shape index (κ2) is 6.23. The number of carbonyl (C=O) groups excluding carboxylic acids is 1. The fourth-order valence-electron chi connectivity index (χ4n) is 2.24. The quantitative estimate of drug-likeness (QED) is 0.867. The number of rotatable bonds is 3. The van der Waals surface area contributed by atoms with Gasteiger partial charge in [-0.3, -0.25) is 4.79 Å². The number of benzene rings is 1. The lowest BCUT2D eigenvalue weighted by atomic mass is 10.1. The summed E-state index contributed by atoms with van der Waals surface area (Å²) in [4.78, 5) is 17.8. The summed E-state index contributed by atoms with van der Waals surface area (Å²) in [5, 5.41) is 9.06. The molecule has 0 aliphatic carbocycles. The lowest BCUT2D eigenvalue weighted by molar-refractivity contribution is 0.0159. The molecule has 1 amide bonds. The van der Waals surface area contributed by atoms with Crippen LogP contribution in [0.1, 0.15) is 15.9 Å². The summed E-state index contributed by atoms with van der Waals surface area (Å²) in [5.74, 6) is -0.515. The number of hydrogen-bond acceptors (Lipinski definition) is 4. The minimum Gasteiger partial charge on any atom is -0.470 e. The predicted molar refractivity (Wildman–Crippen MR) is 80.7 cm³/mol. The van der Waals surface area contributed by atoms with Crippen LogP contribution in [0.25, 0.3) is 0 Å². The van der Waals surface area contributed by atoms with E-state index in [0.717, 1.165) is 6.07 Å². The first kappa shape index (κ1) is 15.3. The van der Waals surface area contributed by atoms with E-state index in [1.165, 1.54) is 18.3 Å². The van der Waals surface area contributed by atoms with Crippen LogP contribution in [-0.4, -0.2) is 35.0 Å². The second-order valence-corrected chi connectivity index (χ2v) is 5.45. The monoisotopic (exact) mass is 331 g/mol. The summed E-state index contributed by atoms with van der Waals surface area (Å²) < 4.78 is 18.6. The molecule has 1 aromatic carbocycles. The highest BCUT2D eigenvalue weighted by molar-refractivity contribution is 6.33. The molecule has 1 saturated heterocycles. The van der Waals surface area contributed by atoms with E-state index in [9.17, 15) is 9.18 Å². The number of pyridine rings is 1. The van der Waals surface area contributed by atoms with Crippen molar-refractivity contribution in [3.05, 3.63) is 58.5 Å². The molecule has 0 N–H and O–H groups in total. The van der Waals surface area contributed by atoms with Crippen LogP contribution in [0.5, 0.6) is 5.88 Å². The van der Waals surface area contributed by atoms with Crippen molar-refractivity contribution in [2.75, 3.05) is 13.1 Å². The number of carbonyl (C=O) groups is 1. The van der Waals surface area contributed by atoms with Gasteiger partial charge < -0.3 is 9.64 Å². The maximum atomic E-state index is 13.0. The summed E-state index contributed by atoms with van der Waals surface area (Å²) in [5.41, 5.74) is 0.598. The Morgan fingerprint density at radius 1 is 1.43 bits per heavy atom. The zero-order chi connectivity index (χ0) is 16.4. The molecule has 1 fully saturated rings. The van der Waals surface area contributed by atoms with Crippen molar-refractivity contribution in [1.82, 2.24) is 9.88 Å². The van der Waals surface area contributed by atoms with Crippen LogP contribution in [0.3, 0.4) is 0 Å². The molecule has 116 valence electrons. The van der Waals surface area contributed by atoms with Gasteiger partial charge in [0, 0.05) is 6.20 Å². The summed E-state index contributed by atoms with van der Waals surface area (Å²) in [7, 11) is 0. The number of likely N-dealkylation sites (tertiary alicyclic amines) is 1. The molecule has 0 bridgehead atoms. The fraction of sp³-hybridized carbons (Fsp3) is 0.188. The molecule has 0 atom stereocenters. The molecule has 1 aliphatic rings. The molecule has 0 unspecified atom stereocenters. The standard InChI is InChI=1S/C16H11ClFN3O2/c17-14-6-11(18)3-4-13(14)16(22)21-8-12(9-21)23-15-10(7-19)2-1-5-20-15/h1-6,12H,8-9H2. The molecule has 0 saturated carbocycles. The third-order valence-corrected chi connectivity index (χ3v) is 3.78. The molecule has 7 heteroatoms.